The zero-order chi connectivity index (χ0) is 15.3. The molecule has 6 heteroatoms. The molecule has 0 aliphatic carbocycles. The van der Waals surface area contributed by atoms with Crippen LogP contribution in [0.4, 0.5) is 0 Å². The number of rotatable bonds is 4. The van der Waals surface area contributed by atoms with Crippen LogP contribution in [0.5, 0.6) is 0 Å². The van der Waals surface area contributed by atoms with E-state index in [2.05, 4.69) is 0 Å². The van der Waals surface area contributed by atoms with Crippen molar-refractivity contribution >= 4 is 22.1 Å². The van der Waals surface area contributed by atoms with Crippen LogP contribution in [0.1, 0.15) is 24.8 Å². The van der Waals surface area contributed by atoms with Crippen LogP contribution in [-0.2, 0) is 19.6 Å². The predicted molar refractivity (Wildman–Crippen MR) is 80.8 cm³/mol. The molecular formula is C15H19NO4S. The first-order valence-corrected chi connectivity index (χ1v) is 8.38. The second-order valence-corrected chi connectivity index (χ2v) is 6.67. The standard InChI is InChI=1S/C15H19NO4S/c1-20-15(17)14-9-5-6-11-16(14)21(18,19)12-10-13-7-3-2-4-8-13/h2-4,7-8,10,12,14H,5-6,9,11H2,1H3/b12-10-/t14-/m0/s1. The van der Waals surface area contributed by atoms with E-state index in [0.29, 0.717) is 13.0 Å². The molecule has 0 bridgehead atoms. The van der Waals surface area contributed by atoms with Crippen LogP contribution in [0, 0.1) is 0 Å². The van der Waals surface area contributed by atoms with Crippen LogP contribution >= 0.6 is 0 Å². The molecule has 2 rings (SSSR count). The molecule has 0 amide bonds. The van der Waals surface area contributed by atoms with Gasteiger partial charge in [0.15, 0.2) is 0 Å². The third-order valence-electron chi connectivity index (χ3n) is 3.49. The van der Waals surface area contributed by atoms with Gasteiger partial charge in [-0.15, -0.1) is 0 Å². The molecule has 1 atom stereocenters. The Hall–Kier alpha value is -1.66. The van der Waals surface area contributed by atoms with Crippen molar-refractivity contribution in [1.29, 1.82) is 0 Å². The first-order valence-electron chi connectivity index (χ1n) is 6.87. The van der Waals surface area contributed by atoms with E-state index in [0.717, 1.165) is 23.8 Å². The second-order valence-electron chi connectivity index (χ2n) is 4.90. The number of hydrogen-bond donors (Lipinski definition) is 0. The topological polar surface area (TPSA) is 63.7 Å². The number of carbonyl (C=O) groups excluding carboxylic acids is 1. The highest BCUT2D eigenvalue weighted by molar-refractivity contribution is 7.92. The van der Waals surface area contributed by atoms with Crippen LogP contribution in [-0.4, -0.2) is 38.4 Å². The van der Waals surface area contributed by atoms with Gasteiger partial charge >= 0.3 is 5.97 Å². The highest BCUT2D eigenvalue weighted by Gasteiger charge is 2.36. The maximum atomic E-state index is 12.4. The summed E-state index contributed by atoms with van der Waals surface area (Å²) in [5, 5.41) is 1.16. The Balaban J connectivity index is 2.20. The van der Waals surface area contributed by atoms with Gasteiger partial charge in [0.05, 0.1) is 7.11 Å². The quantitative estimate of drug-likeness (QED) is 0.798. The number of ether oxygens (including phenoxy) is 1. The average Bonchev–Trinajstić information content (AvgIpc) is 2.53. The van der Waals surface area contributed by atoms with Crippen molar-refractivity contribution in [3.05, 3.63) is 41.3 Å². The van der Waals surface area contributed by atoms with Gasteiger partial charge in [-0.25, -0.2) is 8.42 Å². The van der Waals surface area contributed by atoms with Crippen LogP contribution < -0.4 is 0 Å². The van der Waals surface area contributed by atoms with Crippen molar-refractivity contribution in [1.82, 2.24) is 4.31 Å². The lowest BCUT2D eigenvalue weighted by molar-refractivity contribution is -0.146. The number of piperidine rings is 1. The molecule has 5 nitrogen and oxygen atoms in total. The Morgan fingerprint density at radius 3 is 2.67 bits per heavy atom. The Morgan fingerprint density at radius 2 is 2.00 bits per heavy atom. The van der Waals surface area contributed by atoms with E-state index >= 15 is 0 Å². The molecule has 1 aromatic carbocycles. The van der Waals surface area contributed by atoms with Crippen molar-refractivity contribution in [3.63, 3.8) is 0 Å². The summed E-state index contributed by atoms with van der Waals surface area (Å²) in [5.41, 5.74) is 0.799. The van der Waals surface area contributed by atoms with Gasteiger partial charge in [0, 0.05) is 12.0 Å². The van der Waals surface area contributed by atoms with Gasteiger partial charge in [-0.05, 0) is 30.9 Å². The van der Waals surface area contributed by atoms with Gasteiger partial charge < -0.3 is 4.74 Å². The largest absolute Gasteiger partial charge is 0.468 e. The Kier molecular flexibility index (Phi) is 5.14. The molecule has 0 aromatic heterocycles. The average molecular weight is 309 g/mol. The van der Waals surface area contributed by atoms with Crippen molar-refractivity contribution in [2.45, 2.75) is 25.3 Å². The predicted octanol–water partition coefficient (Wildman–Crippen LogP) is 2.01. The molecule has 114 valence electrons. The fraction of sp³-hybridized carbons (Fsp3) is 0.400. The fourth-order valence-electron chi connectivity index (χ4n) is 2.39. The fourth-order valence-corrected chi connectivity index (χ4v) is 3.80. The summed E-state index contributed by atoms with van der Waals surface area (Å²) in [6.07, 6.45) is 3.63. The van der Waals surface area contributed by atoms with Crippen LogP contribution in [0.3, 0.4) is 0 Å². The number of nitrogens with zero attached hydrogens (tertiary/aromatic N) is 1. The molecule has 1 saturated heterocycles. The normalized spacial score (nSPS) is 20.5. The molecule has 1 aliphatic rings. The van der Waals surface area contributed by atoms with E-state index in [1.54, 1.807) is 0 Å². The molecule has 0 spiro atoms. The minimum absolute atomic E-state index is 0.348. The molecule has 0 N–H and O–H groups in total. The lowest BCUT2D eigenvalue weighted by atomic mass is 10.1. The summed E-state index contributed by atoms with van der Waals surface area (Å²) < 4.78 is 30.8. The smallest absolute Gasteiger partial charge is 0.324 e. The molecule has 0 saturated carbocycles. The molecule has 1 fully saturated rings. The van der Waals surface area contributed by atoms with Gasteiger partial charge in [0.2, 0.25) is 10.0 Å². The highest BCUT2D eigenvalue weighted by Crippen LogP contribution is 2.22. The summed E-state index contributed by atoms with van der Waals surface area (Å²) in [4.78, 5) is 11.7. The van der Waals surface area contributed by atoms with Crippen molar-refractivity contribution in [2.24, 2.45) is 0 Å². The second kappa shape index (κ2) is 6.87. The van der Waals surface area contributed by atoms with E-state index in [1.165, 1.54) is 17.5 Å². The van der Waals surface area contributed by atoms with Gasteiger partial charge in [-0.2, -0.15) is 4.31 Å². The molecule has 0 radical (unpaired) electrons. The van der Waals surface area contributed by atoms with Crippen LogP contribution in [0.2, 0.25) is 0 Å². The maximum absolute atomic E-state index is 12.4. The minimum Gasteiger partial charge on any atom is -0.468 e. The lowest BCUT2D eigenvalue weighted by Gasteiger charge is -2.31. The Labute approximate surface area is 125 Å². The molecule has 1 aromatic rings. The molecule has 1 heterocycles. The van der Waals surface area contributed by atoms with Gasteiger partial charge in [-0.3, -0.25) is 4.79 Å². The van der Waals surface area contributed by atoms with Crippen LogP contribution in [0.15, 0.2) is 35.7 Å². The minimum atomic E-state index is -3.63. The summed E-state index contributed by atoms with van der Waals surface area (Å²) in [6.45, 7) is 0.348. The summed E-state index contributed by atoms with van der Waals surface area (Å²) in [6, 6.07) is 8.47. The summed E-state index contributed by atoms with van der Waals surface area (Å²) in [5.74, 6) is -0.494. The highest BCUT2D eigenvalue weighted by atomic mass is 32.2. The van der Waals surface area contributed by atoms with Gasteiger partial charge in [0.1, 0.15) is 6.04 Å². The molecular weight excluding hydrogens is 290 g/mol. The summed E-state index contributed by atoms with van der Waals surface area (Å²) in [7, 11) is -2.35. The van der Waals surface area contributed by atoms with Gasteiger partial charge in [-0.1, -0.05) is 30.3 Å². The van der Waals surface area contributed by atoms with E-state index in [-0.39, 0.29) is 0 Å². The van der Waals surface area contributed by atoms with E-state index in [4.69, 9.17) is 4.74 Å². The first-order chi connectivity index (χ1) is 10.0. The third-order valence-corrected chi connectivity index (χ3v) is 5.06. The van der Waals surface area contributed by atoms with Crippen molar-refractivity contribution in [3.8, 4) is 0 Å². The maximum Gasteiger partial charge on any atom is 0.324 e. The van der Waals surface area contributed by atoms with Crippen LogP contribution in [0.25, 0.3) is 6.08 Å². The number of esters is 1. The van der Waals surface area contributed by atoms with E-state index in [9.17, 15) is 13.2 Å². The monoisotopic (exact) mass is 309 g/mol. The third kappa shape index (κ3) is 3.92. The molecule has 21 heavy (non-hydrogen) atoms. The lowest BCUT2D eigenvalue weighted by Crippen LogP contribution is -2.47. The number of methoxy groups -OCH3 is 1. The Bertz CT molecular complexity index is 610. The SMILES string of the molecule is COC(=O)[C@@H]1CCCCN1S(=O)(=O)/C=C\c1ccccc1. The number of benzene rings is 1. The first kappa shape index (κ1) is 15.7. The van der Waals surface area contributed by atoms with Crippen molar-refractivity contribution < 1.29 is 17.9 Å². The van der Waals surface area contributed by atoms with E-state index < -0.39 is 22.0 Å². The van der Waals surface area contributed by atoms with E-state index in [1.807, 2.05) is 30.3 Å². The van der Waals surface area contributed by atoms with Gasteiger partial charge in [0.25, 0.3) is 0 Å². The van der Waals surface area contributed by atoms with Crippen molar-refractivity contribution in [2.75, 3.05) is 13.7 Å². The zero-order valence-corrected chi connectivity index (χ0v) is 12.8. The molecule has 0 unspecified atom stereocenters. The summed E-state index contributed by atoms with van der Waals surface area (Å²) >= 11 is 0. The number of hydrogen-bond acceptors (Lipinski definition) is 4. The number of carbonyl (C=O) groups is 1. The zero-order valence-electron chi connectivity index (χ0n) is 11.9. The molecule has 1 aliphatic heterocycles. The Morgan fingerprint density at radius 1 is 1.29 bits per heavy atom. The number of sulfonamides is 1.